The molecule has 0 saturated carbocycles. The maximum atomic E-state index is 2.23. The largest absolute Gasteiger partial charge is 0.0683 e. The molecule has 0 aliphatic heterocycles. The van der Waals surface area contributed by atoms with Gasteiger partial charge in [-0.05, 0) is 37.8 Å². The van der Waals surface area contributed by atoms with E-state index in [9.17, 15) is 0 Å². The first-order valence-electron chi connectivity index (χ1n) is 7.85. The first-order chi connectivity index (χ1) is 9.74. The molecule has 0 spiro atoms. The molecule has 0 aromatic heterocycles. The van der Waals surface area contributed by atoms with Crippen molar-refractivity contribution in [2.24, 2.45) is 0 Å². The molecule has 0 bridgehead atoms. The van der Waals surface area contributed by atoms with Crippen molar-refractivity contribution in [3.8, 4) is 0 Å². The molecule has 0 heteroatoms. The van der Waals surface area contributed by atoms with Crippen LogP contribution in [0.25, 0.3) is 0 Å². The maximum absolute atomic E-state index is 2.23. The van der Waals surface area contributed by atoms with E-state index in [1.54, 1.807) is 0 Å². The number of aryl methyl sites for hydroxylation is 4. The van der Waals surface area contributed by atoms with Crippen molar-refractivity contribution in [1.29, 1.82) is 0 Å². The molecule has 20 heavy (non-hydrogen) atoms. The first-order valence-corrected chi connectivity index (χ1v) is 7.85. The third kappa shape index (κ3) is 7.13. The van der Waals surface area contributed by atoms with E-state index >= 15 is 0 Å². The summed E-state index contributed by atoms with van der Waals surface area (Å²) in [6.45, 7) is 12.3. The van der Waals surface area contributed by atoms with Gasteiger partial charge in [0.15, 0.2) is 0 Å². The Bertz CT molecular complexity index is 389. The highest BCUT2D eigenvalue weighted by atomic mass is 14.0. The van der Waals surface area contributed by atoms with E-state index in [1.165, 1.54) is 22.3 Å². The van der Waals surface area contributed by atoms with E-state index in [1.807, 2.05) is 27.7 Å². The van der Waals surface area contributed by atoms with Crippen molar-refractivity contribution in [2.45, 2.75) is 54.4 Å². The molecule has 0 unspecified atom stereocenters. The van der Waals surface area contributed by atoms with Crippen LogP contribution in [0.1, 0.15) is 49.9 Å². The van der Waals surface area contributed by atoms with Crippen LogP contribution in [0.2, 0.25) is 0 Å². The molecule has 2 aromatic rings. The summed E-state index contributed by atoms with van der Waals surface area (Å²) in [5, 5.41) is 0. The van der Waals surface area contributed by atoms with Gasteiger partial charge in [0.05, 0.1) is 0 Å². The Kier molecular flexibility index (Phi) is 10.4. The number of benzene rings is 2. The van der Waals surface area contributed by atoms with Crippen molar-refractivity contribution in [1.82, 2.24) is 0 Å². The molecular formula is C20H30. The van der Waals surface area contributed by atoms with Crippen LogP contribution in [0.5, 0.6) is 0 Å². The van der Waals surface area contributed by atoms with Crippen LogP contribution in [0, 0.1) is 13.8 Å². The Balaban J connectivity index is 0.000000829. The lowest BCUT2D eigenvalue weighted by molar-refractivity contribution is 0.958. The average Bonchev–Trinajstić information content (AvgIpc) is 2.52. The molecule has 0 heterocycles. The molecule has 110 valence electrons. The van der Waals surface area contributed by atoms with E-state index in [-0.39, 0.29) is 0 Å². The predicted octanol–water partition coefficient (Wildman–Crippen LogP) is 6.14. The fourth-order valence-electron chi connectivity index (χ4n) is 1.80. The minimum Gasteiger partial charge on any atom is -0.0683 e. The Morgan fingerprint density at radius 1 is 0.500 bits per heavy atom. The summed E-state index contributed by atoms with van der Waals surface area (Å²) in [5.41, 5.74) is 5.51. The van der Waals surface area contributed by atoms with Crippen LogP contribution >= 0.6 is 0 Å². The van der Waals surface area contributed by atoms with Gasteiger partial charge in [-0.15, -0.1) is 0 Å². The van der Waals surface area contributed by atoms with Gasteiger partial charge in [0, 0.05) is 0 Å². The predicted molar refractivity (Wildman–Crippen MR) is 92.5 cm³/mol. The first kappa shape index (κ1) is 18.4. The number of hydrogen-bond acceptors (Lipinski definition) is 0. The number of hydrogen-bond donors (Lipinski definition) is 0. The van der Waals surface area contributed by atoms with Gasteiger partial charge in [-0.3, -0.25) is 0 Å². The van der Waals surface area contributed by atoms with Gasteiger partial charge in [0.25, 0.3) is 0 Å². The van der Waals surface area contributed by atoms with Crippen molar-refractivity contribution >= 4 is 0 Å². The smallest absolute Gasteiger partial charge is 0.0238 e. The Morgan fingerprint density at radius 2 is 0.750 bits per heavy atom. The average molecular weight is 270 g/mol. The molecule has 2 rings (SSSR count). The van der Waals surface area contributed by atoms with Crippen LogP contribution in [0.4, 0.5) is 0 Å². The molecule has 0 atom stereocenters. The molecular weight excluding hydrogens is 240 g/mol. The van der Waals surface area contributed by atoms with E-state index in [0.29, 0.717) is 0 Å². The van der Waals surface area contributed by atoms with Gasteiger partial charge < -0.3 is 0 Å². The highest BCUT2D eigenvalue weighted by Gasteiger charge is 1.95. The summed E-state index contributed by atoms with van der Waals surface area (Å²) < 4.78 is 0. The Labute approximate surface area is 125 Å². The summed E-state index contributed by atoms with van der Waals surface area (Å²) in [6.07, 6.45) is 2.26. The highest BCUT2D eigenvalue weighted by Crippen LogP contribution is 2.09. The lowest BCUT2D eigenvalue weighted by Gasteiger charge is -2.03. The second-order valence-electron chi connectivity index (χ2n) is 4.47. The minimum absolute atomic E-state index is 1.13. The molecule has 0 fully saturated rings. The van der Waals surface area contributed by atoms with Gasteiger partial charge in [0.2, 0.25) is 0 Å². The molecule has 0 saturated heterocycles. The molecule has 0 amide bonds. The quantitative estimate of drug-likeness (QED) is 0.628. The third-order valence-corrected chi connectivity index (χ3v) is 2.94. The molecule has 0 aliphatic rings. The normalized spacial score (nSPS) is 8.90. The maximum Gasteiger partial charge on any atom is -0.0238 e. The van der Waals surface area contributed by atoms with Gasteiger partial charge in [-0.25, -0.2) is 0 Å². The Hall–Kier alpha value is -1.56. The molecule has 0 radical (unpaired) electrons. The van der Waals surface area contributed by atoms with E-state index < -0.39 is 0 Å². The minimum atomic E-state index is 1.13. The highest BCUT2D eigenvalue weighted by molar-refractivity contribution is 5.25. The topological polar surface area (TPSA) is 0 Å². The summed E-state index contributed by atoms with van der Waals surface area (Å²) >= 11 is 0. The van der Waals surface area contributed by atoms with Crippen molar-refractivity contribution in [2.75, 3.05) is 0 Å². The zero-order chi connectivity index (χ0) is 15.4. The monoisotopic (exact) mass is 270 g/mol. The third-order valence-electron chi connectivity index (χ3n) is 2.94. The van der Waals surface area contributed by atoms with Gasteiger partial charge >= 0.3 is 0 Å². The van der Waals surface area contributed by atoms with Crippen LogP contribution < -0.4 is 0 Å². The lowest BCUT2D eigenvalue weighted by atomic mass is 10.0. The second kappa shape index (κ2) is 11.3. The standard InChI is InChI=1S/C16H18.2C2H6/c1-13-3-7-15(8-4-13)11-12-16-9-5-14(2)6-10-16;2*1-2/h3-10H,11-12H2,1-2H3;2*1-2H3. The molecule has 2 aromatic carbocycles. The van der Waals surface area contributed by atoms with Gasteiger partial charge in [-0.1, -0.05) is 87.4 Å². The van der Waals surface area contributed by atoms with Crippen LogP contribution in [-0.2, 0) is 12.8 Å². The van der Waals surface area contributed by atoms with Crippen LogP contribution in [0.15, 0.2) is 48.5 Å². The van der Waals surface area contributed by atoms with Crippen LogP contribution in [0.3, 0.4) is 0 Å². The van der Waals surface area contributed by atoms with Crippen LogP contribution in [-0.4, -0.2) is 0 Å². The fraction of sp³-hybridized carbons (Fsp3) is 0.400. The summed E-state index contributed by atoms with van der Waals surface area (Å²) in [5.74, 6) is 0. The van der Waals surface area contributed by atoms with Gasteiger partial charge in [-0.2, -0.15) is 0 Å². The van der Waals surface area contributed by atoms with Crippen molar-refractivity contribution < 1.29 is 0 Å². The van der Waals surface area contributed by atoms with E-state index in [0.717, 1.165) is 12.8 Å². The Morgan fingerprint density at radius 3 is 1.00 bits per heavy atom. The van der Waals surface area contributed by atoms with E-state index in [4.69, 9.17) is 0 Å². The summed E-state index contributed by atoms with van der Waals surface area (Å²) in [7, 11) is 0. The zero-order valence-electron chi connectivity index (χ0n) is 14.0. The van der Waals surface area contributed by atoms with Crippen molar-refractivity contribution in [3.05, 3.63) is 70.8 Å². The zero-order valence-corrected chi connectivity index (χ0v) is 14.0. The SMILES string of the molecule is CC.CC.Cc1ccc(CCc2ccc(C)cc2)cc1. The fourth-order valence-corrected chi connectivity index (χ4v) is 1.80. The molecule has 0 N–H and O–H groups in total. The van der Waals surface area contributed by atoms with Gasteiger partial charge in [0.1, 0.15) is 0 Å². The van der Waals surface area contributed by atoms with Crippen molar-refractivity contribution in [3.63, 3.8) is 0 Å². The second-order valence-corrected chi connectivity index (χ2v) is 4.47. The number of rotatable bonds is 3. The molecule has 0 aliphatic carbocycles. The summed E-state index contributed by atoms with van der Waals surface area (Å²) in [6, 6.07) is 17.6. The summed E-state index contributed by atoms with van der Waals surface area (Å²) in [4.78, 5) is 0. The molecule has 0 nitrogen and oxygen atoms in total. The van der Waals surface area contributed by atoms with E-state index in [2.05, 4.69) is 62.4 Å². The lowest BCUT2D eigenvalue weighted by Crippen LogP contribution is -1.91.